The second-order valence-corrected chi connectivity index (χ2v) is 25.5. The summed E-state index contributed by atoms with van der Waals surface area (Å²) < 4.78 is 227. The van der Waals surface area contributed by atoms with Gasteiger partial charge < -0.3 is 38.6 Å². The van der Waals surface area contributed by atoms with Gasteiger partial charge in [-0.3, -0.25) is 4.90 Å². The van der Waals surface area contributed by atoms with Crippen molar-refractivity contribution in [2.24, 2.45) is 35.5 Å². The number of hydrogen-bond donors (Lipinski definition) is 1. The molecule has 11 nitrogen and oxygen atoms in total. The Labute approximate surface area is 559 Å². The molecule has 0 amide bonds. The van der Waals surface area contributed by atoms with Gasteiger partial charge in [-0.15, -0.1) is 0 Å². The molecule has 3 saturated carbocycles. The van der Waals surface area contributed by atoms with Gasteiger partial charge in [0.05, 0.1) is 47.6 Å². The van der Waals surface area contributed by atoms with Crippen LogP contribution in [0.1, 0.15) is 113 Å². The lowest BCUT2D eigenvalue weighted by Crippen LogP contribution is -2.47. The minimum Gasteiger partial charge on any atom is -0.490 e. The van der Waals surface area contributed by atoms with Crippen molar-refractivity contribution >= 4 is 17.4 Å². The summed E-state index contributed by atoms with van der Waals surface area (Å²) in [5.41, 5.74) is -2.50. The fraction of sp³-hybridized carbons (Fsp3) is 0.514. The average molecular weight is 1410 g/mol. The SMILES string of the molecule is CCCOc1cc(C(F)(F)F)ccc1OC1[C@@H]2CC[C@H]1CN(Cc1ccccc1)C2.CCCOc1cc(C(F)(F)F)ccc1OC1[C@@H]2CC[C@H]1CN(c1ccc(C(F)(F)F)cn1)C2.CCCOc1cc(C(F)(F)F)ccc1OC1[C@@H]2CC[C@H]1CNC2.FC(F)(F)c1ccc(Cl)nc1.[HH]. The number of nitrogens with zero attached hydrogens (tertiary/aromatic N) is 4. The van der Waals surface area contributed by atoms with E-state index in [-0.39, 0.29) is 66.3 Å². The van der Waals surface area contributed by atoms with Crippen LogP contribution in [0.2, 0.25) is 5.15 Å². The fourth-order valence-corrected chi connectivity index (χ4v) is 13.4. The lowest BCUT2D eigenvalue weighted by molar-refractivity contribution is -0.138. The first-order valence-corrected chi connectivity index (χ1v) is 32.8. The molecule has 2 aromatic heterocycles. The maximum absolute atomic E-state index is 13.1. The Balaban J connectivity index is 0.000000175. The zero-order valence-electron chi connectivity index (χ0n) is 53.5. The predicted molar refractivity (Wildman–Crippen MR) is 336 cm³/mol. The van der Waals surface area contributed by atoms with Gasteiger partial charge in [-0.2, -0.15) is 65.9 Å². The zero-order chi connectivity index (χ0) is 69.9. The Hall–Kier alpha value is -7.06. The Bertz CT molecular complexity index is 3420. The van der Waals surface area contributed by atoms with E-state index in [1.54, 1.807) is 0 Å². The number of piperidine rings is 3. The molecule has 6 aromatic rings. The molecule has 532 valence electrons. The van der Waals surface area contributed by atoms with E-state index in [1.165, 1.54) is 29.8 Å². The summed E-state index contributed by atoms with van der Waals surface area (Å²) >= 11 is 5.28. The smallest absolute Gasteiger partial charge is 0.417 e. The molecule has 6 fully saturated rings. The van der Waals surface area contributed by atoms with Crippen LogP contribution < -0.4 is 38.6 Å². The van der Waals surface area contributed by atoms with Gasteiger partial charge in [0.1, 0.15) is 29.3 Å². The number of aromatic nitrogens is 2. The second kappa shape index (κ2) is 32.3. The van der Waals surface area contributed by atoms with Gasteiger partial charge in [0.25, 0.3) is 0 Å². The molecule has 0 spiro atoms. The summed E-state index contributed by atoms with van der Waals surface area (Å²) in [4.78, 5) is 11.7. The third-order valence-corrected chi connectivity index (χ3v) is 18.1. The Kier molecular flexibility index (Phi) is 24.7. The van der Waals surface area contributed by atoms with E-state index in [1.807, 2.05) is 31.7 Å². The third-order valence-electron chi connectivity index (χ3n) is 17.9. The van der Waals surface area contributed by atoms with Crippen molar-refractivity contribution in [3.63, 3.8) is 0 Å². The van der Waals surface area contributed by atoms with Crippen LogP contribution in [0, 0.1) is 35.5 Å². The molecule has 12 rings (SSSR count). The molecular weight excluding hydrogens is 1330 g/mol. The Morgan fingerprint density at radius 3 is 1.12 bits per heavy atom. The number of nitrogens with one attached hydrogen (secondary N) is 1. The normalized spacial score (nSPS) is 23.0. The molecule has 6 aliphatic rings. The summed E-state index contributed by atoms with van der Waals surface area (Å²) in [5, 5.41) is 3.43. The second-order valence-electron chi connectivity index (χ2n) is 25.1. The molecule has 1 N–H and O–H groups in total. The highest BCUT2D eigenvalue weighted by molar-refractivity contribution is 6.29. The molecule has 3 unspecified atom stereocenters. The molecule has 3 aliphatic heterocycles. The fourth-order valence-electron chi connectivity index (χ4n) is 13.3. The summed E-state index contributed by atoms with van der Waals surface area (Å²) in [6, 6.07) is 25.1. The number of fused-ring (bicyclic) bond motifs is 6. The first kappa shape index (κ1) is 74.2. The van der Waals surface area contributed by atoms with Gasteiger partial charge in [0, 0.05) is 95.1 Å². The molecule has 27 heteroatoms. The number of likely N-dealkylation sites (tertiary alicyclic amines) is 1. The van der Waals surface area contributed by atoms with E-state index in [0.717, 1.165) is 145 Å². The number of pyridine rings is 2. The number of anilines is 1. The summed E-state index contributed by atoms with van der Waals surface area (Å²) in [5.74, 6) is 3.83. The van der Waals surface area contributed by atoms with E-state index < -0.39 is 58.7 Å². The maximum atomic E-state index is 13.1. The number of hydrogen-bond acceptors (Lipinski definition) is 11. The van der Waals surface area contributed by atoms with Crippen LogP contribution in [-0.2, 0) is 37.4 Å². The molecule has 0 radical (unpaired) electrons. The number of alkyl halides is 15. The molecule has 5 heterocycles. The topological polar surface area (TPSA) is 99.7 Å². The van der Waals surface area contributed by atoms with Crippen LogP contribution in [0.5, 0.6) is 34.5 Å². The highest BCUT2D eigenvalue weighted by Gasteiger charge is 2.47. The van der Waals surface area contributed by atoms with Crippen molar-refractivity contribution in [1.29, 1.82) is 0 Å². The van der Waals surface area contributed by atoms with E-state index >= 15 is 0 Å². The van der Waals surface area contributed by atoms with Gasteiger partial charge in [0.2, 0.25) is 0 Å². The first-order chi connectivity index (χ1) is 46.0. The van der Waals surface area contributed by atoms with Crippen LogP contribution in [0.25, 0.3) is 0 Å². The van der Waals surface area contributed by atoms with E-state index in [0.29, 0.717) is 79.9 Å². The van der Waals surface area contributed by atoms with Crippen LogP contribution in [0.15, 0.2) is 122 Å². The minimum atomic E-state index is -4.48. The van der Waals surface area contributed by atoms with Crippen molar-refractivity contribution in [3.05, 3.63) is 160 Å². The molecule has 97 heavy (non-hydrogen) atoms. The van der Waals surface area contributed by atoms with E-state index in [9.17, 15) is 65.9 Å². The van der Waals surface area contributed by atoms with Crippen molar-refractivity contribution in [2.75, 3.05) is 64.0 Å². The lowest BCUT2D eigenvalue weighted by Gasteiger charge is -2.38. The standard InChI is InChI=1S/C24H28F3NO2.C23H24F6N2O2.C17H22F3NO2.C6H3ClF3N.H2/c1-2-12-29-22-13-20(24(25,26)27)10-11-21(22)30-23-18-8-9-19(23)16-28(15-18)14-17-6-4-3-5-7-17;1-2-9-32-19-10-16(22(24,25)26)5-7-18(19)33-21-14-3-4-15(21)13-31(12-14)20-8-6-17(11-30-20)23(27,28)29;1-2-7-22-15-8-13(17(18,19)20)5-6-14(15)23-16-11-3-4-12(16)10-21-9-11;7-5-2-1-4(3-11-5)6(8,9)10;/h3-7,10-11,13,18-19,23H,2,8-9,12,14-16H2,1H3;5-8,10-11,14-15,21H,2-4,9,12-13H2,1H3;5-6,8,11-12,16,21H,2-4,7,9-10H2,1H3;1-3H;1H/t18-,19+,23?;14-,15+,21?;11-,12+,16?;;. The van der Waals surface area contributed by atoms with Crippen LogP contribution >= 0.6 is 11.6 Å². The van der Waals surface area contributed by atoms with Crippen molar-refractivity contribution in [3.8, 4) is 34.5 Å². The molecule has 9 atom stereocenters. The lowest BCUT2D eigenvalue weighted by atomic mass is 9.94. The molecule has 6 bridgehead atoms. The first-order valence-electron chi connectivity index (χ1n) is 32.4. The van der Waals surface area contributed by atoms with Crippen LogP contribution in [-0.4, -0.2) is 92.3 Å². The van der Waals surface area contributed by atoms with Crippen molar-refractivity contribution in [1.82, 2.24) is 20.2 Å². The van der Waals surface area contributed by atoms with Crippen LogP contribution in [0.4, 0.5) is 71.7 Å². The number of benzene rings is 4. The van der Waals surface area contributed by atoms with Crippen molar-refractivity contribution in [2.45, 2.75) is 134 Å². The largest absolute Gasteiger partial charge is 0.490 e. The summed E-state index contributed by atoms with van der Waals surface area (Å²) in [6.07, 6.45) is -12.4. The summed E-state index contributed by atoms with van der Waals surface area (Å²) in [6.45, 7) is 12.4. The summed E-state index contributed by atoms with van der Waals surface area (Å²) in [7, 11) is 0. The third kappa shape index (κ3) is 20.1. The molecular formula is C70H79ClF15N5O6. The highest BCUT2D eigenvalue weighted by atomic mass is 35.5. The molecule has 3 saturated heterocycles. The quantitative estimate of drug-likeness (QED) is 0.0658. The van der Waals surface area contributed by atoms with Gasteiger partial charge in [-0.1, -0.05) is 62.7 Å². The predicted octanol–water partition coefficient (Wildman–Crippen LogP) is 18.9. The monoisotopic (exact) mass is 1410 g/mol. The number of ether oxygens (including phenoxy) is 6. The Morgan fingerprint density at radius 1 is 0.423 bits per heavy atom. The molecule has 4 aromatic carbocycles. The van der Waals surface area contributed by atoms with Crippen molar-refractivity contribution < 1.29 is 95.7 Å². The average Bonchev–Trinajstić information content (AvgIpc) is 1.62. The van der Waals surface area contributed by atoms with E-state index in [4.69, 9.17) is 40.0 Å². The van der Waals surface area contributed by atoms with Gasteiger partial charge in [-0.25, -0.2) is 9.97 Å². The van der Waals surface area contributed by atoms with Gasteiger partial charge in [0.15, 0.2) is 34.5 Å². The minimum absolute atomic E-state index is 0. The van der Waals surface area contributed by atoms with Gasteiger partial charge >= 0.3 is 30.9 Å². The highest BCUT2D eigenvalue weighted by Crippen LogP contribution is 2.47. The number of rotatable bonds is 18. The Morgan fingerprint density at radius 2 is 0.773 bits per heavy atom. The van der Waals surface area contributed by atoms with Gasteiger partial charge in [-0.05, 0) is 142 Å². The maximum Gasteiger partial charge on any atom is 0.417 e. The number of halogens is 16. The van der Waals surface area contributed by atoms with E-state index in [2.05, 4.69) is 44.5 Å². The molecule has 3 aliphatic carbocycles. The van der Waals surface area contributed by atoms with Crippen LogP contribution in [0.3, 0.4) is 0 Å². The zero-order valence-corrected chi connectivity index (χ0v) is 54.2.